The molecule has 0 aromatic heterocycles. The van der Waals surface area contributed by atoms with Crippen LogP contribution in [-0.4, -0.2) is 32.8 Å². The van der Waals surface area contributed by atoms with Crippen LogP contribution in [0.25, 0.3) is 0 Å². The molecule has 166 valence electrons. The average Bonchev–Trinajstić information content (AvgIpc) is 3.25. The molecule has 3 aromatic rings. The third-order valence-electron chi connectivity index (χ3n) is 5.44. The van der Waals surface area contributed by atoms with Crippen molar-refractivity contribution in [2.75, 3.05) is 14.2 Å². The maximum atomic E-state index is 13.7. The minimum atomic E-state index is -3.90. The van der Waals surface area contributed by atoms with Gasteiger partial charge in [0.1, 0.15) is 0 Å². The van der Waals surface area contributed by atoms with Gasteiger partial charge in [0.15, 0.2) is 11.5 Å². The maximum absolute atomic E-state index is 13.7. The second-order valence-corrected chi connectivity index (χ2v) is 9.63. The molecule has 0 radical (unpaired) electrons. The Morgan fingerprint density at radius 1 is 0.969 bits per heavy atom. The van der Waals surface area contributed by atoms with Crippen LogP contribution >= 0.6 is 11.6 Å². The van der Waals surface area contributed by atoms with Gasteiger partial charge in [-0.2, -0.15) is 17.9 Å². The molecule has 1 heterocycles. The SMILES string of the molecule is COc1ccc(C2=NN(S(=O)(=O)c3ccccc3C)[C@H](c3cccc(Cl)c3)C2)cc1OC. The highest BCUT2D eigenvalue weighted by Crippen LogP contribution is 2.39. The fourth-order valence-corrected chi connectivity index (χ4v) is 5.67. The molecule has 1 atom stereocenters. The normalized spacial score (nSPS) is 16.1. The molecule has 3 aromatic carbocycles. The first kappa shape index (κ1) is 22.2. The van der Waals surface area contributed by atoms with Gasteiger partial charge in [-0.15, -0.1) is 0 Å². The molecule has 32 heavy (non-hydrogen) atoms. The molecule has 8 heteroatoms. The van der Waals surface area contributed by atoms with E-state index in [9.17, 15) is 8.42 Å². The molecular formula is C24H23ClN2O4S. The number of methoxy groups -OCH3 is 2. The van der Waals surface area contributed by atoms with E-state index >= 15 is 0 Å². The lowest BCUT2D eigenvalue weighted by Gasteiger charge is -2.24. The van der Waals surface area contributed by atoms with E-state index in [0.29, 0.717) is 34.2 Å². The molecule has 0 unspecified atom stereocenters. The molecule has 0 fully saturated rings. The molecule has 0 amide bonds. The number of ether oxygens (including phenoxy) is 2. The van der Waals surface area contributed by atoms with Gasteiger partial charge in [0, 0.05) is 17.0 Å². The van der Waals surface area contributed by atoms with E-state index in [1.54, 1.807) is 63.6 Å². The number of aryl methyl sites for hydroxylation is 1. The molecule has 4 rings (SSSR count). The van der Waals surface area contributed by atoms with E-state index in [2.05, 4.69) is 5.10 Å². The summed E-state index contributed by atoms with van der Waals surface area (Å²) in [6, 6.07) is 19.0. The number of rotatable bonds is 6. The number of hydrazone groups is 1. The largest absolute Gasteiger partial charge is 0.493 e. The molecule has 0 saturated carbocycles. The highest BCUT2D eigenvalue weighted by molar-refractivity contribution is 7.89. The Labute approximate surface area is 193 Å². The number of hydrogen-bond donors (Lipinski definition) is 0. The topological polar surface area (TPSA) is 68.2 Å². The maximum Gasteiger partial charge on any atom is 0.279 e. The van der Waals surface area contributed by atoms with Crippen molar-refractivity contribution in [3.63, 3.8) is 0 Å². The monoisotopic (exact) mass is 470 g/mol. The van der Waals surface area contributed by atoms with Crippen molar-refractivity contribution in [3.8, 4) is 11.5 Å². The minimum absolute atomic E-state index is 0.226. The van der Waals surface area contributed by atoms with E-state index < -0.39 is 16.1 Å². The third kappa shape index (κ3) is 4.06. The molecule has 0 saturated heterocycles. The first-order chi connectivity index (χ1) is 15.3. The lowest BCUT2D eigenvalue weighted by atomic mass is 9.99. The predicted molar refractivity (Wildman–Crippen MR) is 125 cm³/mol. The van der Waals surface area contributed by atoms with Crippen molar-refractivity contribution in [2.45, 2.75) is 24.3 Å². The van der Waals surface area contributed by atoms with Crippen LogP contribution in [0.1, 0.15) is 29.2 Å². The summed E-state index contributed by atoms with van der Waals surface area (Å²) in [5.41, 5.74) is 2.83. The molecule has 0 N–H and O–H groups in total. The Balaban J connectivity index is 1.83. The zero-order valence-corrected chi connectivity index (χ0v) is 19.5. The first-order valence-corrected chi connectivity index (χ1v) is 11.8. The van der Waals surface area contributed by atoms with E-state index in [1.807, 2.05) is 24.3 Å². The van der Waals surface area contributed by atoms with Crippen LogP contribution in [0.5, 0.6) is 11.5 Å². The molecule has 0 bridgehead atoms. The molecule has 6 nitrogen and oxygen atoms in total. The summed E-state index contributed by atoms with van der Waals surface area (Å²) >= 11 is 6.22. The van der Waals surface area contributed by atoms with Crippen LogP contribution in [-0.2, 0) is 10.0 Å². The quantitative estimate of drug-likeness (QED) is 0.496. The predicted octanol–water partition coefficient (Wildman–Crippen LogP) is 5.21. The lowest BCUT2D eigenvalue weighted by Crippen LogP contribution is -2.27. The summed E-state index contributed by atoms with van der Waals surface area (Å²) in [5.74, 6) is 1.14. The van der Waals surface area contributed by atoms with Gasteiger partial charge in [-0.3, -0.25) is 0 Å². The van der Waals surface area contributed by atoms with E-state index in [-0.39, 0.29) is 4.90 Å². The van der Waals surface area contributed by atoms with Crippen molar-refractivity contribution >= 4 is 27.3 Å². The number of benzene rings is 3. The second kappa shape index (κ2) is 8.84. The Hall–Kier alpha value is -3.03. The summed E-state index contributed by atoms with van der Waals surface area (Å²) in [4.78, 5) is 0.226. The van der Waals surface area contributed by atoms with Crippen molar-refractivity contribution in [2.24, 2.45) is 5.10 Å². The van der Waals surface area contributed by atoms with E-state index in [4.69, 9.17) is 21.1 Å². The summed E-state index contributed by atoms with van der Waals surface area (Å²) in [6.45, 7) is 1.77. The molecule has 0 spiro atoms. The fourth-order valence-electron chi connectivity index (χ4n) is 3.81. The Bertz CT molecular complexity index is 1290. The van der Waals surface area contributed by atoms with Crippen molar-refractivity contribution in [3.05, 3.63) is 88.4 Å². The van der Waals surface area contributed by atoms with Gasteiger partial charge < -0.3 is 9.47 Å². The van der Waals surface area contributed by atoms with E-state index in [0.717, 1.165) is 11.1 Å². The molecular weight excluding hydrogens is 448 g/mol. The van der Waals surface area contributed by atoms with Gasteiger partial charge in [-0.05, 0) is 54.4 Å². The standard InChI is InChI=1S/C24H23ClN2O4S/c1-16-7-4-5-10-24(16)32(28,29)27-21(18-8-6-9-19(25)13-18)15-20(26-27)17-11-12-22(30-2)23(14-17)31-3/h4-14,21H,15H2,1-3H3/t21-/m0/s1. The molecule has 0 aliphatic carbocycles. The van der Waals surface area contributed by atoms with Gasteiger partial charge in [0.05, 0.1) is 30.9 Å². The van der Waals surface area contributed by atoms with Crippen LogP contribution < -0.4 is 9.47 Å². The van der Waals surface area contributed by atoms with Gasteiger partial charge in [0.2, 0.25) is 0 Å². The zero-order valence-electron chi connectivity index (χ0n) is 17.9. The second-order valence-electron chi connectivity index (χ2n) is 7.43. The Morgan fingerprint density at radius 2 is 1.72 bits per heavy atom. The fraction of sp³-hybridized carbons (Fsp3) is 0.208. The number of sulfonamides is 1. The molecule has 1 aliphatic heterocycles. The third-order valence-corrected chi connectivity index (χ3v) is 7.52. The molecule has 1 aliphatic rings. The number of nitrogens with zero attached hydrogens (tertiary/aromatic N) is 2. The smallest absolute Gasteiger partial charge is 0.279 e. The van der Waals surface area contributed by atoms with Gasteiger partial charge in [-0.25, -0.2) is 0 Å². The minimum Gasteiger partial charge on any atom is -0.493 e. The summed E-state index contributed by atoms with van der Waals surface area (Å²) in [5, 5.41) is 5.13. The summed E-state index contributed by atoms with van der Waals surface area (Å²) < 4.78 is 39.3. The van der Waals surface area contributed by atoms with Gasteiger partial charge >= 0.3 is 0 Å². The van der Waals surface area contributed by atoms with Crippen LogP contribution in [0.2, 0.25) is 5.02 Å². The summed E-state index contributed by atoms with van der Waals surface area (Å²) in [6.07, 6.45) is 0.390. The first-order valence-electron chi connectivity index (χ1n) is 10.0. The Kier molecular flexibility index (Phi) is 6.13. The van der Waals surface area contributed by atoms with Crippen LogP contribution in [0.15, 0.2) is 76.7 Å². The number of hydrogen-bond acceptors (Lipinski definition) is 5. The van der Waals surface area contributed by atoms with Gasteiger partial charge in [0.25, 0.3) is 10.0 Å². The lowest BCUT2D eigenvalue weighted by molar-refractivity contribution is 0.355. The summed E-state index contributed by atoms with van der Waals surface area (Å²) in [7, 11) is -0.779. The van der Waals surface area contributed by atoms with Gasteiger partial charge in [-0.1, -0.05) is 41.9 Å². The average molecular weight is 471 g/mol. The van der Waals surface area contributed by atoms with Crippen molar-refractivity contribution < 1.29 is 17.9 Å². The number of halogens is 1. The van der Waals surface area contributed by atoms with Crippen molar-refractivity contribution in [1.82, 2.24) is 4.41 Å². The highest BCUT2D eigenvalue weighted by atomic mass is 35.5. The van der Waals surface area contributed by atoms with Crippen molar-refractivity contribution in [1.29, 1.82) is 0 Å². The van der Waals surface area contributed by atoms with E-state index in [1.165, 1.54) is 4.41 Å². The van der Waals surface area contributed by atoms with Crippen LogP contribution in [0, 0.1) is 6.92 Å². The zero-order chi connectivity index (χ0) is 22.9. The van der Waals surface area contributed by atoms with Crippen LogP contribution in [0.3, 0.4) is 0 Å². The van der Waals surface area contributed by atoms with Crippen LogP contribution in [0.4, 0.5) is 0 Å². The highest BCUT2D eigenvalue weighted by Gasteiger charge is 2.38. The Morgan fingerprint density at radius 3 is 2.41 bits per heavy atom.